The minimum Gasteiger partial charge on any atom is -0.493 e. The highest BCUT2D eigenvalue weighted by atomic mass is 16.5. The normalized spacial score (nSPS) is 10.2. The Labute approximate surface area is 157 Å². The predicted octanol–water partition coefficient (Wildman–Crippen LogP) is 4.03. The van der Waals surface area contributed by atoms with E-state index in [1.165, 1.54) is 21.3 Å². The molecule has 0 aliphatic rings. The van der Waals surface area contributed by atoms with Gasteiger partial charge in [0.25, 0.3) is 5.91 Å². The van der Waals surface area contributed by atoms with E-state index in [0.717, 1.165) is 11.1 Å². The van der Waals surface area contributed by atoms with Gasteiger partial charge in [0.1, 0.15) is 5.82 Å². The second kappa shape index (κ2) is 8.23. The highest BCUT2D eigenvalue weighted by Crippen LogP contribution is 2.38. The number of carbonyl (C=O) groups excluding carboxylic acids is 1. The largest absolute Gasteiger partial charge is 0.493 e. The number of methoxy groups -OCH3 is 3. The van der Waals surface area contributed by atoms with Crippen molar-refractivity contribution in [3.63, 3.8) is 0 Å². The first-order chi connectivity index (χ1) is 13.2. The predicted molar refractivity (Wildman–Crippen MR) is 104 cm³/mol. The summed E-state index contributed by atoms with van der Waals surface area (Å²) in [5.41, 5.74) is 2.41. The lowest BCUT2D eigenvalue weighted by Gasteiger charge is -2.14. The van der Waals surface area contributed by atoms with Gasteiger partial charge >= 0.3 is 0 Å². The molecule has 1 aromatic heterocycles. The number of nitrogens with zero attached hydrogens (tertiary/aromatic N) is 1. The van der Waals surface area contributed by atoms with E-state index in [2.05, 4.69) is 10.3 Å². The standard InChI is InChI=1S/C21H20N2O4/c1-25-17-11-16(12-18(26-2)20(17)27-3)21(24)23-19-10-9-15(13-22-19)14-7-5-4-6-8-14/h4-13H,1-3H3,(H,22,23,24). The Morgan fingerprint density at radius 1 is 0.852 bits per heavy atom. The molecule has 0 saturated carbocycles. The number of aromatic nitrogens is 1. The van der Waals surface area contributed by atoms with E-state index >= 15 is 0 Å². The zero-order valence-corrected chi connectivity index (χ0v) is 15.4. The third kappa shape index (κ3) is 4.00. The second-order valence-electron chi connectivity index (χ2n) is 5.67. The molecule has 6 heteroatoms. The average Bonchev–Trinajstić information content (AvgIpc) is 2.73. The lowest BCUT2D eigenvalue weighted by Crippen LogP contribution is -2.13. The number of benzene rings is 2. The minimum absolute atomic E-state index is 0.325. The van der Waals surface area contributed by atoms with Gasteiger partial charge in [-0.1, -0.05) is 30.3 Å². The molecule has 1 amide bonds. The van der Waals surface area contributed by atoms with E-state index in [9.17, 15) is 4.79 Å². The van der Waals surface area contributed by atoms with Crippen LogP contribution < -0.4 is 19.5 Å². The van der Waals surface area contributed by atoms with E-state index in [0.29, 0.717) is 28.6 Å². The number of amides is 1. The fourth-order valence-electron chi connectivity index (χ4n) is 2.67. The summed E-state index contributed by atoms with van der Waals surface area (Å²) in [4.78, 5) is 16.9. The molecule has 138 valence electrons. The lowest BCUT2D eigenvalue weighted by molar-refractivity contribution is 0.102. The molecule has 0 radical (unpaired) electrons. The third-order valence-corrected chi connectivity index (χ3v) is 4.04. The molecule has 3 aromatic rings. The molecule has 27 heavy (non-hydrogen) atoms. The molecular weight excluding hydrogens is 344 g/mol. The maximum atomic E-state index is 12.6. The van der Waals surface area contributed by atoms with Crippen molar-refractivity contribution in [1.29, 1.82) is 0 Å². The van der Waals surface area contributed by atoms with Crippen LogP contribution in [0.25, 0.3) is 11.1 Å². The fourth-order valence-corrected chi connectivity index (χ4v) is 2.67. The number of nitrogens with one attached hydrogen (secondary N) is 1. The number of carbonyl (C=O) groups is 1. The molecule has 0 spiro atoms. The van der Waals surface area contributed by atoms with Crippen molar-refractivity contribution >= 4 is 11.7 Å². The van der Waals surface area contributed by atoms with Gasteiger partial charge in [0.2, 0.25) is 5.75 Å². The second-order valence-corrected chi connectivity index (χ2v) is 5.67. The summed E-state index contributed by atoms with van der Waals surface area (Å²) >= 11 is 0. The molecule has 0 saturated heterocycles. The summed E-state index contributed by atoms with van der Waals surface area (Å²) in [6.07, 6.45) is 1.72. The van der Waals surface area contributed by atoms with Gasteiger partial charge in [-0.25, -0.2) is 4.98 Å². The smallest absolute Gasteiger partial charge is 0.257 e. The Morgan fingerprint density at radius 3 is 2.04 bits per heavy atom. The molecule has 0 fully saturated rings. The van der Waals surface area contributed by atoms with Gasteiger partial charge in [-0.05, 0) is 29.8 Å². The minimum atomic E-state index is -0.325. The van der Waals surface area contributed by atoms with E-state index in [1.807, 2.05) is 36.4 Å². The van der Waals surface area contributed by atoms with Gasteiger partial charge in [-0.2, -0.15) is 0 Å². The molecule has 0 atom stereocenters. The molecule has 0 bridgehead atoms. The molecule has 1 N–H and O–H groups in total. The van der Waals surface area contributed by atoms with Gasteiger partial charge in [-0.15, -0.1) is 0 Å². The summed E-state index contributed by atoms with van der Waals surface area (Å²) in [7, 11) is 4.52. The summed E-state index contributed by atoms with van der Waals surface area (Å²) in [5, 5.41) is 2.78. The molecule has 2 aromatic carbocycles. The van der Waals surface area contributed by atoms with E-state index in [-0.39, 0.29) is 5.91 Å². The number of ether oxygens (including phenoxy) is 3. The molecule has 0 unspecified atom stereocenters. The molecule has 1 heterocycles. The highest BCUT2D eigenvalue weighted by molar-refractivity contribution is 6.04. The topological polar surface area (TPSA) is 69.7 Å². The van der Waals surface area contributed by atoms with Crippen molar-refractivity contribution in [2.24, 2.45) is 0 Å². The van der Waals surface area contributed by atoms with Crippen molar-refractivity contribution in [2.45, 2.75) is 0 Å². The van der Waals surface area contributed by atoms with Crippen LogP contribution >= 0.6 is 0 Å². The Morgan fingerprint density at radius 2 is 1.52 bits per heavy atom. The zero-order chi connectivity index (χ0) is 19.2. The summed E-state index contributed by atoms with van der Waals surface area (Å²) in [6.45, 7) is 0. The maximum absolute atomic E-state index is 12.6. The van der Waals surface area contributed by atoms with Gasteiger partial charge in [0.15, 0.2) is 11.5 Å². The first-order valence-electron chi connectivity index (χ1n) is 8.29. The van der Waals surface area contributed by atoms with Crippen LogP contribution in [0.2, 0.25) is 0 Å². The molecule has 3 rings (SSSR count). The number of anilines is 1. The van der Waals surface area contributed by atoms with Crippen LogP contribution in [0.3, 0.4) is 0 Å². The fraction of sp³-hybridized carbons (Fsp3) is 0.143. The first kappa shape index (κ1) is 18.3. The van der Waals surface area contributed by atoms with Crippen molar-refractivity contribution in [2.75, 3.05) is 26.6 Å². The van der Waals surface area contributed by atoms with Gasteiger partial charge < -0.3 is 19.5 Å². The Hall–Kier alpha value is -3.54. The van der Waals surface area contributed by atoms with Gasteiger partial charge in [0, 0.05) is 17.3 Å². The average molecular weight is 364 g/mol. The summed E-state index contributed by atoms with van der Waals surface area (Å²) < 4.78 is 15.8. The Bertz CT molecular complexity index is 900. The monoisotopic (exact) mass is 364 g/mol. The van der Waals surface area contributed by atoms with Crippen LogP contribution in [0, 0.1) is 0 Å². The Balaban J connectivity index is 1.81. The SMILES string of the molecule is COc1cc(C(=O)Nc2ccc(-c3ccccc3)cn2)cc(OC)c1OC. The summed E-state index contributed by atoms with van der Waals surface area (Å²) in [5.74, 6) is 1.38. The van der Waals surface area contributed by atoms with E-state index in [4.69, 9.17) is 14.2 Å². The van der Waals surface area contributed by atoms with Crippen molar-refractivity contribution in [1.82, 2.24) is 4.98 Å². The van der Waals surface area contributed by atoms with Crippen molar-refractivity contribution < 1.29 is 19.0 Å². The van der Waals surface area contributed by atoms with E-state index in [1.54, 1.807) is 24.4 Å². The molecule has 0 aliphatic carbocycles. The third-order valence-electron chi connectivity index (χ3n) is 4.04. The number of hydrogen-bond acceptors (Lipinski definition) is 5. The zero-order valence-electron chi connectivity index (χ0n) is 15.4. The highest BCUT2D eigenvalue weighted by Gasteiger charge is 2.17. The molecule has 6 nitrogen and oxygen atoms in total. The molecule has 0 aliphatic heterocycles. The molecular formula is C21H20N2O4. The maximum Gasteiger partial charge on any atom is 0.257 e. The van der Waals surface area contributed by atoms with E-state index < -0.39 is 0 Å². The number of pyridine rings is 1. The number of rotatable bonds is 6. The van der Waals surface area contributed by atoms with Crippen LogP contribution in [-0.2, 0) is 0 Å². The quantitative estimate of drug-likeness (QED) is 0.715. The lowest BCUT2D eigenvalue weighted by atomic mass is 10.1. The number of hydrogen-bond donors (Lipinski definition) is 1. The summed E-state index contributed by atoms with van der Waals surface area (Å²) in [6, 6.07) is 16.8. The van der Waals surface area contributed by atoms with Gasteiger partial charge in [0.05, 0.1) is 21.3 Å². The van der Waals surface area contributed by atoms with Crippen LogP contribution in [-0.4, -0.2) is 32.2 Å². The van der Waals surface area contributed by atoms with Gasteiger partial charge in [-0.3, -0.25) is 4.79 Å². The van der Waals surface area contributed by atoms with Crippen molar-refractivity contribution in [3.05, 3.63) is 66.4 Å². The van der Waals surface area contributed by atoms with Crippen LogP contribution in [0.4, 0.5) is 5.82 Å². The first-order valence-corrected chi connectivity index (χ1v) is 8.29. The van der Waals surface area contributed by atoms with Crippen LogP contribution in [0.1, 0.15) is 10.4 Å². The Kier molecular flexibility index (Phi) is 5.56. The van der Waals surface area contributed by atoms with Crippen LogP contribution in [0.5, 0.6) is 17.2 Å². The van der Waals surface area contributed by atoms with Crippen molar-refractivity contribution in [3.8, 4) is 28.4 Å². The van der Waals surface area contributed by atoms with Crippen LogP contribution in [0.15, 0.2) is 60.8 Å².